The first-order valence-corrected chi connectivity index (χ1v) is 5.08. The van der Waals surface area contributed by atoms with Crippen LogP contribution in [0.1, 0.15) is 32.1 Å². The zero-order valence-corrected chi connectivity index (χ0v) is 8.62. The molecule has 0 unspecified atom stereocenters. The molecule has 0 aromatic rings. The van der Waals surface area contributed by atoms with E-state index in [1.54, 1.807) is 0 Å². The second kappa shape index (κ2) is 5.55. The van der Waals surface area contributed by atoms with Crippen LogP contribution >= 0.6 is 0 Å². The molecule has 0 bridgehead atoms. The van der Waals surface area contributed by atoms with E-state index in [-0.39, 0.29) is 0 Å². The quantitative estimate of drug-likeness (QED) is 0.267. The standard InChI is InChI=1S/C9H17N3O3/c10-12-8(14)11-6-9(15-7-13)4-2-1-3-5-9/h7H,1-6,10H2,(H2,11,12,14). The Kier molecular flexibility index (Phi) is 4.36. The van der Waals surface area contributed by atoms with Crippen molar-refractivity contribution in [1.82, 2.24) is 10.7 Å². The molecule has 0 saturated heterocycles. The summed E-state index contributed by atoms with van der Waals surface area (Å²) in [6, 6.07) is -0.463. The van der Waals surface area contributed by atoms with E-state index in [2.05, 4.69) is 5.32 Å². The topological polar surface area (TPSA) is 93.4 Å². The molecule has 0 atom stereocenters. The van der Waals surface area contributed by atoms with Crippen molar-refractivity contribution in [2.45, 2.75) is 37.7 Å². The van der Waals surface area contributed by atoms with Crippen LogP contribution in [0, 0.1) is 0 Å². The van der Waals surface area contributed by atoms with Gasteiger partial charge in [-0.05, 0) is 25.7 Å². The van der Waals surface area contributed by atoms with Crippen molar-refractivity contribution in [3.05, 3.63) is 0 Å². The minimum absolute atomic E-state index is 0.314. The summed E-state index contributed by atoms with van der Waals surface area (Å²) >= 11 is 0. The number of hydrogen-bond donors (Lipinski definition) is 3. The summed E-state index contributed by atoms with van der Waals surface area (Å²) in [6.45, 7) is 0.766. The van der Waals surface area contributed by atoms with E-state index in [4.69, 9.17) is 10.6 Å². The fourth-order valence-corrected chi connectivity index (χ4v) is 1.93. The number of nitrogens with two attached hydrogens (primary N) is 1. The van der Waals surface area contributed by atoms with Crippen LogP contribution in [-0.4, -0.2) is 24.6 Å². The molecule has 1 fully saturated rings. The third-order valence-corrected chi connectivity index (χ3v) is 2.77. The van der Waals surface area contributed by atoms with Crippen LogP contribution in [-0.2, 0) is 9.53 Å². The molecule has 15 heavy (non-hydrogen) atoms. The molecule has 1 rings (SSSR count). The summed E-state index contributed by atoms with van der Waals surface area (Å²) < 4.78 is 5.10. The molecule has 1 aliphatic rings. The lowest BCUT2D eigenvalue weighted by atomic mass is 9.84. The maximum Gasteiger partial charge on any atom is 0.329 e. The Bertz CT molecular complexity index is 227. The zero-order valence-electron chi connectivity index (χ0n) is 8.62. The maximum atomic E-state index is 10.9. The smallest absolute Gasteiger partial charge is 0.329 e. The van der Waals surface area contributed by atoms with Crippen LogP contribution in [0.3, 0.4) is 0 Å². The highest BCUT2D eigenvalue weighted by molar-refractivity contribution is 5.73. The van der Waals surface area contributed by atoms with Gasteiger partial charge in [0.1, 0.15) is 5.60 Å². The number of nitrogens with one attached hydrogen (secondary N) is 2. The van der Waals surface area contributed by atoms with Crippen molar-refractivity contribution in [3.63, 3.8) is 0 Å². The molecule has 0 spiro atoms. The van der Waals surface area contributed by atoms with Gasteiger partial charge in [0.05, 0.1) is 6.54 Å². The second-order valence-corrected chi connectivity index (χ2v) is 3.78. The van der Waals surface area contributed by atoms with Crippen LogP contribution in [0.25, 0.3) is 0 Å². The largest absolute Gasteiger partial charge is 0.459 e. The Morgan fingerprint density at radius 3 is 2.60 bits per heavy atom. The van der Waals surface area contributed by atoms with E-state index in [9.17, 15) is 9.59 Å². The third-order valence-electron chi connectivity index (χ3n) is 2.77. The molecular weight excluding hydrogens is 198 g/mol. The van der Waals surface area contributed by atoms with Gasteiger partial charge >= 0.3 is 6.03 Å². The number of rotatable bonds is 4. The van der Waals surface area contributed by atoms with Crippen LogP contribution in [0.2, 0.25) is 0 Å². The highest BCUT2D eigenvalue weighted by Crippen LogP contribution is 2.30. The van der Waals surface area contributed by atoms with Gasteiger partial charge in [0.15, 0.2) is 0 Å². The second-order valence-electron chi connectivity index (χ2n) is 3.78. The summed E-state index contributed by atoms with van der Waals surface area (Å²) in [5, 5.41) is 2.57. The first kappa shape index (κ1) is 11.8. The Hall–Kier alpha value is -1.30. The Labute approximate surface area is 88.5 Å². The van der Waals surface area contributed by atoms with E-state index >= 15 is 0 Å². The Morgan fingerprint density at radius 1 is 1.40 bits per heavy atom. The van der Waals surface area contributed by atoms with Crippen LogP contribution in [0.15, 0.2) is 0 Å². The summed E-state index contributed by atoms with van der Waals surface area (Å²) in [5.41, 5.74) is 1.43. The lowest BCUT2D eigenvalue weighted by Gasteiger charge is -2.35. The average molecular weight is 215 g/mol. The molecule has 0 aromatic heterocycles. The number of carbonyl (C=O) groups is 2. The lowest BCUT2D eigenvalue weighted by molar-refractivity contribution is -0.146. The predicted molar refractivity (Wildman–Crippen MR) is 53.7 cm³/mol. The monoisotopic (exact) mass is 215 g/mol. The minimum atomic E-state index is -0.535. The normalized spacial score (nSPS) is 19.0. The van der Waals surface area contributed by atoms with Gasteiger partial charge in [-0.2, -0.15) is 0 Å². The molecule has 86 valence electrons. The highest BCUT2D eigenvalue weighted by atomic mass is 16.5. The number of hydrogen-bond acceptors (Lipinski definition) is 4. The Balaban J connectivity index is 2.48. The number of amides is 2. The van der Waals surface area contributed by atoms with Crippen molar-refractivity contribution < 1.29 is 14.3 Å². The fourth-order valence-electron chi connectivity index (χ4n) is 1.93. The van der Waals surface area contributed by atoms with Crippen molar-refractivity contribution in [2.75, 3.05) is 6.54 Å². The minimum Gasteiger partial charge on any atom is -0.459 e. The van der Waals surface area contributed by atoms with Gasteiger partial charge in [0.25, 0.3) is 6.47 Å². The molecule has 2 amide bonds. The molecule has 1 aliphatic carbocycles. The summed E-state index contributed by atoms with van der Waals surface area (Å²) in [4.78, 5) is 21.3. The third kappa shape index (κ3) is 3.39. The van der Waals surface area contributed by atoms with Gasteiger partial charge in [-0.25, -0.2) is 10.6 Å². The fraction of sp³-hybridized carbons (Fsp3) is 0.778. The van der Waals surface area contributed by atoms with E-state index in [0.717, 1.165) is 32.1 Å². The number of hydrazine groups is 1. The van der Waals surface area contributed by atoms with E-state index < -0.39 is 11.6 Å². The van der Waals surface area contributed by atoms with E-state index in [1.165, 1.54) is 0 Å². The molecule has 1 saturated carbocycles. The van der Waals surface area contributed by atoms with Gasteiger partial charge in [0, 0.05) is 0 Å². The summed E-state index contributed by atoms with van der Waals surface area (Å²) in [6.07, 6.45) is 4.75. The first-order valence-electron chi connectivity index (χ1n) is 5.08. The zero-order chi connectivity index (χ0) is 11.1. The first-order chi connectivity index (χ1) is 7.22. The van der Waals surface area contributed by atoms with Gasteiger partial charge in [-0.3, -0.25) is 10.2 Å². The predicted octanol–water partition coefficient (Wildman–Crippen LogP) is 0.0352. The molecule has 0 aromatic carbocycles. The van der Waals surface area contributed by atoms with Crippen molar-refractivity contribution in [2.24, 2.45) is 5.84 Å². The van der Waals surface area contributed by atoms with Crippen LogP contribution < -0.4 is 16.6 Å². The number of ether oxygens (including phenoxy) is 1. The average Bonchev–Trinajstić information content (AvgIpc) is 2.28. The SMILES string of the molecule is NNC(=O)NCC1(OC=O)CCCCC1. The lowest BCUT2D eigenvalue weighted by Crippen LogP contribution is -2.50. The number of urea groups is 1. The molecule has 6 heteroatoms. The summed E-state index contributed by atoms with van der Waals surface area (Å²) in [5.74, 6) is 4.93. The Morgan fingerprint density at radius 2 is 2.07 bits per heavy atom. The maximum absolute atomic E-state index is 10.9. The molecule has 0 heterocycles. The van der Waals surface area contributed by atoms with Crippen molar-refractivity contribution >= 4 is 12.5 Å². The van der Waals surface area contributed by atoms with Gasteiger partial charge < -0.3 is 10.1 Å². The van der Waals surface area contributed by atoms with Gasteiger partial charge in [-0.1, -0.05) is 6.42 Å². The number of carbonyl (C=O) groups excluding carboxylic acids is 2. The van der Waals surface area contributed by atoms with Gasteiger partial charge in [0.2, 0.25) is 0 Å². The van der Waals surface area contributed by atoms with Crippen LogP contribution in [0.5, 0.6) is 0 Å². The van der Waals surface area contributed by atoms with E-state index in [1.807, 2.05) is 5.43 Å². The molecule has 6 nitrogen and oxygen atoms in total. The molecule has 0 radical (unpaired) electrons. The van der Waals surface area contributed by atoms with Gasteiger partial charge in [-0.15, -0.1) is 0 Å². The van der Waals surface area contributed by atoms with E-state index in [0.29, 0.717) is 13.0 Å². The van der Waals surface area contributed by atoms with Crippen molar-refractivity contribution in [3.8, 4) is 0 Å². The molecule has 4 N–H and O–H groups in total. The molecular formula is C9H17N3O3. The summed E-state index contributed by atoms with van der Waals surface area (Å²) in [7, 11) is 0. The molecule has 0 aliphatic heterocycles. The van der Waals surface area contributed by atoms with Crippen LogP contribution in [0.4, 0.5) is 4.79 Å². The highest BCUT2D eigenvalue weighted by Gasteiger charge is 2.34. The van der Waals surface area contributed by atoms with Crippen molar-refractivity contribution in [1.29, 1.82) is 0 Å².